The predicted octanol–water partition coefficient (Wildman–Crippen LogP) is 8.86. The van der Waals surface area contributed by atoms with Crippen LogP contribution in [-0.2, 0) is 14.4 Å². The van der Waals surface area contributed by atoms with Gasteiger partial charge in [-0.2, -0.15) is 0 Å². The van der Waals surface area contributed by atoms with Crippen LogP contribution < -0.4 is 5.73 Å². The van der Waals surface area contributed by atoms with Gasteiger partial charge in [0.25, 0.3) is 0 Å². The van der Waals surface area contributed by atoms with Crippen LogP contribution in [0.15, 0.2) is 0 Å². The molecule has 52 heavy (non-hydrogen) atoms. The summed E-state index contributed by atoms with van der Waals surface area (Å²) in [5.74, 6) is -3.01. The molecular formula is C43H78N2O7. The van der Waals surface area contributed by atoms with Gasteiger partial charge in [-0.15, -0.1) is 0 Å². The topological polar surface area (TPSA) is 161 Å². The number of nitrogens with two attached hydrogens (primary N) is 1. The Labute approximate surface area is 316 Å². The summed E-state index contributed by atoms with van der Waals surface area (Å²) in [6.07, 6.45) is 26.3. The van der Waals surface area contributed by atoms with E-state index in [1.165, 1.54) is 77.0 Å². The summed E-state index contributed by atoms with van der Waals surface area (Å²) in [7, 11) is 0. The molecule has 4 rings (SSSR count). The first-order valence-corrected chi connectivity index (χ1v) is 21.8. The second kappa shape index (κ2) is 22.6. The first-order valence-electron chi connectivity index (χ1n) is 21.8. The van der Waals surface area contributed by atoms with E-state index < -0.39 is 52.2 Å². The lowest BCUT2D eigenvalue weighted by Crippen LogP contribution is -2.69. The number of carbonyl (C=O) groups is 3. The number of hydrogen-bond acceptors (Lipinski definition) is 6. The van der Waals surface area contributed by atoms with E-state index in [4.69, 9.17) is 5.73 Å². The van der Waals surface area contributed by atoms with Gasteiger partial charge in [-0.25, -0.2) is 0 Å². The number of aliphatic hydroxyl groups excluding tert-OH is 2. The number of carboxylic acids is 2. The third-order valence-corrected chi connectivity index (χ3v) is 13.4. The largest absolute Gasteiger partial charge is 0.481 e. The molecule has 4 aliphatic carbocycles. The van der Waals surface area contributed by atoms with E-state index in [0.717, 1.165) is 70.8 Å². The molecule has 0 heterocycles. The van der Waals surface area contributed by atoms with E-state index >= 15 is 0 Å². The van der Waals surface area contributed by atoms with Gasteiger partial charge in [0.1, 0.15) is 0 Å². The fourth-order valence-electron chi connectivity index (χ4n) is 11.0. The molecule has 7 atom stereocenters. The van der Waals surface area contributed by atoms with Gasteiger partial charge in [0.05, 0.1) is 28.5 Å². The Bertz CT molecular complexity index is 1010. The van der Waals surface area contributed by atoms with Crippen LogP contribution in [0.1, 0.15) is 194 Å². The summed E-state index contributed by atoms with van der Waals surface area (Å²) in [5.41, 5.74) is 2.58. The van der Waals surface area contributed by atoms with Gasteiger partial charge in [-0.1, -0.05) is 136 Å². The molecule has 4 bridgehead atoms. The van der Waals surface area contributed by atoms with Gasteiger partial charge in [-0.05, 0) is 76.2 Å². The molecule has 4 aliphatic rings. The molecular weight excluding hydrogens is 656 g/mol. The van der Waals surface area contributed by atoms with Crippen LogP contribution in [0.2, 0.25) is 0 Å². The normalized spacial score (nSPS) is 27.6. The monoisotopic (exact) mass is 735 g/mol. The zero-order valence-electron chi connectivity index (χ0n) is 33.3. The van der Waals surface area contributed by atoms with Crippen LogP contribution in [0, 0.1) is 28.1 Å². The van der Waals surface area contributed by atoms with E-state index in [-0.39, 0.29) is 18.8 Å². The van der Waals surface area contributed by atoms with Gasteiger partial charge in [0.15, 0.2) is 0 Å². The average Bonchev–Trinajstić information content (AvgIpc) is 3.09. The molecule has 9 nitrogen and oxygen atoms in total. The van der Waals surface area contributed by atoms with E-state index in [1.807, 2.05) is 0 Å². The third-order valence-electron chi connectivity index (χ3n) is 13.4. The molecule has 0 radical (unpaired) electrons. The van der Waals surface area contributed by atoms with Crippen LogP contribution in [0.25, 0.3) is 0 Å². The van der Waals surface area contributed by atoms with Crippen molar-refractivity contribution in [1.82, 2.24) is 4.90 Å². The SMILES string of the molecule is CCCCCCCCCCC(O)CN(CCCCCCC1C2(C(N)=O)CC3CC(C(=O)O)(C2)CC1(C(=O)O)C3)CC(O)CCCCCCCCCC. The number of aliphatic hydroxyl groups is 2. The van der Waals surface area contributed by atoms with Crippen molar-refractivity contribution in [3.05, 3.63) is 0 Å². The number of nitrogens with zero attached hydrogens (tertiary/aromatic N) is 1. The quantitative estimate of drug-likeness (QED) is 0.0428. The predicted molar refractivity (Wildman–Crippen MR) is 208 cm³/mol. The van der Waals surface area contributed by atoms with Gasteiger partial charge < -0.3 is 26.2 Å². The molecule has 4 saturated carbocycles. The minimum Gasteiger partial charge on any atom is -0.481 e. The Morgan fingerprint density at radius 2 is 1.06 bits per heavy atom. The maximum absolute atomic E-state index is 13.1. The maximum atomic E-state index is 13.1. The molecule has 0 aliphatic heterocycles. The zero-order valence-corrected chi connectivity index (χ0v) is 33.3. The summed E-state index contributed by atoms with van der Waals surface area (Å²) in [5, 5.41) is 42.7. The summed E-state index contributed by atoms with van der Waals surface area (Å²) in [6.45, 7) is 6.41. The van der Waals surface area contributed by atoms with Crippen molar-refractivity contribution in [2.24, 2.45) is 33.8 Å². The van der Waals surface area contributed by atoms with Crippen LogP contribution in [-0.4, -0.2) is 75.0 Å². The highest BCUT2D eigenvalue weighted by Gasteiger charge is 2.74. The highest BCUT2D eigenvalue weighted by Crippen LogP contribution is 2.73. The second-order valence-electron chi connectivity index (χ2n) is 17.7. The molecule has 0 saturated heterocycles. The molecule has 0 aromatic heterocycles. The van der Waals surface area contributed by atoms with Crippen molar-refractivity contribution < 1.29 is 34.8 Å². The maximum Gasteiger partial charge on any atom is 0.309 e. The summed E-state index contributed by atoms with van der Waals surface area (Å²) in [4.78, 5) is 40.7. The van der Waals surface area contributed by atoms with Crippen LogP contribution in [0.3, 0.4) is 0 Å². The lowest BCUT2D eigenvalue weighted by atomic mass is 9.35. The molecule has 7 unspecified atom stereocenters. The Morgan fingerprint density at radius 3 is 1.54 bits per heavy atom. The van der Waals surface area contributed by atoms with Crippen LogP contribution in [0.4, 0.5) is 0 Å². The first-order chi connectivity index (χ1) is 24.9. The molecule has 6 N–H and O–H groups in total. The Balaban J connectivity index is 1.48. The Morgan fingerprint density at radius 1 is 0.615 bits per heavy atom. The molecule has 9 heteroatoms. The number of aliphatic carboxylic acids is 2. The van der Waals surface area contributed by atoms with E-state index in [9.17, 15) is 34.8 Å². The van der Waals surface area contributed by atoms with Crippen molar-refractivity contribution in [3.8, 4) is 0 Å². The average molecular weight is 735 g/mol. The van der Waals surface area contributed by atoms with Crippen LogP contribution >= 0.6 is 0 Å². The number of rotatable bonds is 32. The molecule has 0 spiro atoms. The Hall–Kier alpha value is -1.71. The van der Waals surface area contributed by atoms with E-state index in [1.54, 1.807) is 0 Å². The minimum atomic E-state index is -1.21. The first kappa shape index (κ1) is 44.7. The third kappa shape index (κ3) is 12.7. The van der Waals surface area contributed by atoms with Crippen molar-refractivity contribution >= 4 is 17.8 Å². The van der Waals surface area contributed by atoms with E-state index in [0.29, 0.717) is 38.8 Å². The van der Waals surface area contributed by atoms with Gasteiger partial charge >= 0.3 is 11.9 Å². The number of carboxylic acid groups (broad SMARTS) is 2. The number of primary amides is 1. The highest BCUT2D eigenvalue weighted by molar-refractivity contribution is 5.88. The lowest BCUT2D eigenvalue weighted by Gasteiger charge is -2.66. The molecule has 0 aromatic carbocycles. The standard InChI is InChI=1S/C43H78N2O7/c1-3-5-7-9-11-13-15-19-23-35(46)30-45(31-36(47)24-20-16-14-12-10-8-6-4-2)26-22-18-17-21-25-37-42(38(44)48)28-34-27-41(32-42,39(49)50)33-43(37,29-34)40(51)52/h34-37,46-47H,3-33H2,1-2H3,(H2,44,48)(H,49,50)(H,51,52). The molecule has 302 valence electrons. The van der Waals surface area contributed by atoms with Gasteiger partial charge in [0.2, 0.25) is 5.91 Å². The fourth-order valence-corrected chi connectivity index (χ4v) is 11.0. The smallest absolute Gasteiger partial charge is 0.309 e. The highest BCUT2D eigenvalue weighted by atomic mass is 16.4. The van der Waals surface area contributed by atoms with Gasteiger partial charge in [-0.3, -0.25) is 19.3 Å². The summed E-state index contributed by atoms with van der Waals surface area (Å²) in [6, 6.07) is 0. The number of amides is 1. The molecule has 4 fully saturated rings. The number of unbranched alkanes of at least 4 members (excludes halogenated alkanes) is 17. The summed E-state index contributed by atoms with van der Waals surface area (Å²) >= 11 is 0. The van der Waals surface area contributed by atoms with Crippen molar-refractivity contribution in [2.45, 2.75) is 206 Å². The number of hydrogen-bond donors (Lipinski definition) is 5. The van der Waals surface area contributed by atoms with Crippen molar-refractivity contribution in [3.63, 3.8) is 0 Å². The molecule has 1 amide bonds. The van der Waals surface area contributed by atoms with E-state index in [2.05, 4.69) is 18.7 Å². The minimum absolute atomic E-state index is 0.0956. The fraction of sp³-hybridized carbons (Fsp3) is 0.930. The van der Waals surface area contributed by atoms with Crippen molar-refractivity contribution in [2.75, 3.05) is 19.6 Å². The zero-order chi connectivity index (χ0) is 38.0. The Kier molecular flexibility index (Phi) is 19.4. The van der Waals surface area contributed by atoms with Gasteiger partial charge in [0, 0.05) is 13.1 Å². The summed E-state index contributed by atoms with van der Waals surface area (Å²) < 4.78 is 0. The molecule has 0 aromatic rings. The number of carbonyl (C=O) groups excluding carboxylic acids is 1. The lowest BCUT2D eigenvalue weighted by molar-refractivity contribution is -0.223. The van der Waals surface area contributed by atoms with Crippen LogP contribution in [0.5, 0.6) is 0 Å². The second-order valence-corrected chi connectivity index (χ2v) is 17.7. The van der Waals surface area contributed by atoms with Crippen molar-refractivity contribution in [1.29, 1.82) is 0 Å².